The first kappa shape index (κ1) is 14.8. The number of anilines is 2. The summed E-state index contributed by atoms with van der Waals surface area (Å²) in [5.74, 6) is -0.945. The van der Waals surface area contributed by atoms with Crippen molar-refractivity contribution in [2.75, 3.05) is 5.32 Å². The maximum atomic E-state index is 13.8. The summed E-state index contributed by atoms with van der Waals surface area (Å²) < 4.78 is 33.0. The number of benzene rings is 2. The maximum Gasteiger partial charge on any atom is 0.150 e. The Morgan fingerprint density at radius 2 is 1.67 bits per heavy atom. The first-order valence-corrected chi connectivity index (χ1v) is 6.42. The van der Waals surface area contributed by atoms with Crippen molar-refractivity contribution in [2.45, 2.75) is 20.0 Å². The van der Waals surface area contributed by atoms with Crippen LogP contribution in [0.3, 0.4) is 0 Å². The fourth-order valence-corrected chi connectivity index (χ4v) is 1.79. The van der Waals surface area contributed by atoms with E-state index in [0.29, 0.717) is 11.4 Å². The van der Waals surface area contributed by atoms with Crippen LogP contribution in [0, 0.1) is 23.0 Å². The number of ether oxygens (including phenoxy) is 1. The predicted molar refractivity (Wildman–Crippen MR) is 76.6 cm³/mol. The summed E-state index contributed by atoms with van der Waals surface area (Å²) in [5, 5.41) is 11.3. The van der Waals surface area contributed by atoms with Crippen LogP contribution in [0.4, 0.5) is 20.2 Å². The second kappa shape index (κ2) is 6.23. The molecular formula is C16H14F2N2O. The molecule has 3 nitrogen and oxygen atoms in total. The summed E-state index contributed by atoms with van der Waals surface area (Å²) in [6.45, 7) is 3.82. The van der Waals surface area contributed by atoms with Crippen LogP contribution >= 0.6 is 0 Å². The zero-order chi connectivity index (χ0) is 15.4. The van der Waals surface area contributed by atoms with E-state index in [9.17, 15) is 8.78 Å². The molecule has 0 unspecified atom stereocenters. The first-order chi connectivity index (χ1) is 9.99. The molecule has 1 N–H and O–H groups in total. The SMILES string of the molecule is CC(C)Oc1ccc(Nc2c(F)cc(C#N)cc2F)cc1. The van der Waals surface area contributed by atoms with E-state index in [0.717, 1.165) is 12.1 Å². The molecule has 0 bridgehead atoms. The number of halogens is 2. The highest BCUT2D eigenvalue weighted by atomic mass is 19.1. The van der Waals surface area contributed by atoms with Gasteiger partial charge in [-0.3, -0.25) is 0 Å². The standard InChI is InChI=1S/C16H14F2N2O/c1-10(2)21-13-5-3-12(4-6-13)20-16-14(17)7-11(9-19)8-15(16)18/h3-8,10,20H,1-2H3. The van der Waals surface area contributed by atoms with E-state index >= 15 is 0 Å². The van der Waals surface area contributed by atoms with Crippen molar-refractivity contribution in [3.8, 4) is 11.8 Å². The molecule has 0 fully saturated rings. The summed E-state index contributed by atoms with van der Waals surface area (Å²) in [7, 11) is 0. The normalized spacial score (nSPS) is 10.3. The lowest BCUT2D eigenvalue weighted by Crippen LogP contribution is -2.05. The van der Waals surface area contributed by atoms with Crippen molar-refractivity contribution in [2.24, 2.45) is 0 Å². The molecule has 21 heavy (non-hydrogen) atoms. The van der Waals surface area contributed by atoms with Crippen molar-refractivity contribution < 1.29 is 13.5 Å². The molecule has 2 aromatic carbocycles. The van der Waals surface area contributed by atoms with E-state index in [4.69, 9.17) is 10.00 Å². The third-order valence-electron chi connectivity index (χ3n) is 2.67. The second-order valence-corrected chi connectivity index (χ2v) is 4.74. The topological polar surface area (TPSA) is 45.0 Å². The fourth-order valence-electron chi connectivity index (χ4n) is 1.79. The van der Waals surface area contributed by atoms with Crippen LogP contribution in [0.15, 0.2) is 36.4 Å². The van der Waals surface area contributed by atoms with Gasteiger partial charge < -0.3 is 10.1 Å². The minimum Gasteiger partial charge on any atom is -0.491 e. The van der Waals surface area contributed by atoms with E-state index in [2.05, 4.69) is 5.32 Å². The van der Waals surface area contributed by atoms with Gasteiger partial charge >= 0.3 is 0 Å². The largest absolute Gasteiger partial charge is 0.491 e. The molecule has 0 aliphatic carbocycles. The van der Waals surface area contributed by atoms with E-state index in [-0.39, 0.29) is 17.4 Å². The number of rotatable bonds is 4. The minimum absolute atomic E-state index is 0.0530. The van der Waals surface area contributed by atoms with Gasteiger partial charge in [0.1, 0.15) is 11.4 Å². The number of nitrogens with one attached hydrogen (secondary N) is 1. The molecule has 0 radical (unpaired) electrons. The molecule has 0 aromatic heterocycles. The molecule has 0 saturated carbocycles. The summed E-state index contributed by atoms with van der Waals surface area (Å²) in [6.07, 6.45) is 0.0530. The lowest BCUT2D eigenvalue weighted by atomic mass is 10.2. The van der Waals surface area contributed by atoms with Crippen molar-refractivity contribution >= 4 is 11.4 Å². The smallest absolute Gasteiger partial charge is 0.150 e. The summed E-state index contributed by atoms with van der Waals surface area (Å²) >= 11 is 0. The number of hydrogen-bond acceptors (Lipinski definition) is 3. The Labute approximate surface area is 121 Å². The van der Waals surface area contributed by atoms with Crippen LogP contribution in [0.25, 0.3) is 0 Å². The first-order valence-electron chi connectivity index (χ1n) is 6.42. The molecule has 5 heteroatoms. The number of nitriles is 1. The molecule has 0 spiro atoms. The van der Waals surface area contributed by atoms with E-state index in [1.165, 1.54) is 0 Å². The van der Waals surface area contributed by atoms with Crippen LogP contribution < -0.4 is 10.1 Å². The van der Waals surface area contributed by atoms with Gasteiger partial charge in [0.05, 0.1) is 17.7 Å². The van der Waals surface area contributed by atoms with Crippen LogP contribution in [0.2, 0.25) is 0 Å². The Morgan fingerprint density at radius 1 is 1.10 bits per heavy atom. The molecule has 0 aliphatic rings. The Kier molecular flexibility index (Phi) is 4.39. The Bertz CT molecular complexity index is 653. The fraction of sp³-hybridized carbons (Fsp3) is 0.188. The summed E-state index contributed by atoms with van der Waals surface area (Å²) in [4.78, 5) is 0. The van der Waals surface area contributed by atoms with Crippen molar-refractivity contribution in [3.05, 3.63) is 53.6 Å². The van der Waals surface area contributed by atoms with Crippen molar-refractivity contribution in [1.82, 2.24) is 0 Å². The van der Waals surface area contributed by atoms with Gasteiger partial charge in [-0.05, 0) is 50.2 Å². The Balaban J connectivity index is 2.21. The molecule has 0 amide bonds. The van der Waals surface area contributed by atoms with Crippen molar-refractivity contribution in [1.29, 1.82) is 5.26 Å². The lowest BCUT2D eigenvalue weighted by Gasteiger charge is -2.12. The summed E-state index contributed by atoms with van der Waals surface area (Å²) in [5.41, 5.74) is 0.177. The Morgan fingerprint density at radius 3 is 2.14 bits per heavy atom. The minimum atomic E-state index is -0.811. The number of hydrogen-bond donors (Lipinski definition) is 1. The molecule has 108 valence electrons. The molecular weight excluding hydrogens is 274 g/mol. The molecule has 0 saturated heterocycles. The monoisotopic (exact) mass is 288 g/mol. The Hall–Kier alpha value is -2.61. The van der Waals surface area contributed by atoms with Gasteiger partial charge in [0, 0.05) is 5.69 Å². The summed E-state index contributed by atoms with van der Waals surface area (Å²) in [6, 6.07) is 10.4. The van der Waals surface area contributed by atoms with Gasteiger partial charge in [-0.1, -0.05) is 0 Å². The van der Waals surface area contributed by atoms with Gasteiger partial charge in [0.25, 0.3) is 0 Å². The number of nitrogens with zero attached hydrogens (tertiary/aromatic N) is 1. The third kappa shape index (κ3) is 3.69. The molecule has 0 heterocycles. The highest BCUT2D eigenvalue weighted by Crippen LogP contribution is 2.26. The molecule has 2 aromatic rings. The van der Waals surface area contributed by atoms with E-state index in [1.807, 2.05) is 13.8 Å². The van der Waals surface area contributed by atoms with Gasteiger partial charge in [0.2, 0.25) is 0 Å². The zero-order valence-corrected chi connectivity index (χ0v) is 11.7. The highest BCUT2D eigenvalue weighted by Gasteiger charge is 2.11. The third-order valence-corrected chi connectivity index (χ3v) is 2.67. The highest BCUT2D eigenvalue weighted by molar-refractivity contribution is 5.62. The zero-order valence-electron chi connectivity index (χ0n) is 11.7. The quantitative estimate of drug-likeness (QED) is 0.908. The van der Waals surface area contributed by atoms with E-state index in [1.54, 1.807) is 30.3 Å². The van der Waals surface area contributed by atoms with Crippen LogP contribution in [-0.2, 0) is 0 Å². The van der Waals surface area contributed by atoms with Crippen LogP contribution in [-0.4, -0.2) is 6.10 Å². The van der Waals surface area contributed by atoms with Gasteiger partial charge in [0.15, 0.2) is 11.6 Å². The van der Waals surface area contributed by atoms with Gasteiger partial charge in [-0.2, -0.15) is 5.26 Å². The predicted octanol–water partition coefficient (Wildman–Crippen LogP) is 4.37. The maximum absolute atomic E-state index is 13.8. The van der Waals surface area contributed by atoms with Crippen molar-refractivity contribution in [3.63, 3.8) is 0 Å². The van der Waals surface area contributed by atoms with Gasteiger partial charge in [-0.25, -0.2) is 8.78 Å². The van der Waals surface area contributed by atoms with Crippen LogP contribution in [0.5, 0.6) is 5.75 Å². The van der Waals surface area contributed by atoms with Crippen LogP contribution in [0.1, 0.15) is 19.4 Å². The second-order valence-electron chi connectivity index (χ2n) is 4.74. The molecule has 2 rings (SSSR count). The average Bonchev–Trinajstić information content (AvgIpc) is 2.43. The lowest BCUT2D eigenvalue weighted by molar-refractivity contribution is 0.242. The van der Waals surface area contributed by atoms with E-state index < -0.39 is 11.6 Å². The molecule has 0 atom stereocenters. The van der Waals surface area contributed by atoms with Gasteiger partial charge in [-0.15, -0.1) is 0 Å². The average molecular weight is 288 g/mol. The molecule has 0 aliphatic heterocycles.